The second kappa shape index (κ2) is 6.66. The van der Waals surface area contributed by atoms with E-state index in [-0.39, 0.29) is 22.8 Å². The van der Waals surface area contributed by atoms with Gasteiger partial charge in [-0.3, -0.25) is 9.59 Å². The Balaban J connectivity index is 2.94. The van der Waals surface area contributed by atoms with Gasteiger partial charge in [-0.05, 0) is 19.1 Å². The average molecular weight is 296 g/mol. The smallest absolute Gasteiger partial charge is 0.195 e. The van der Waals surface area contributed by atoms with Crippen LogP contribution in [0.25, 0.3) is 0 Å². The van der Waals surface area contributed by atoms with Crippen molar-refractivity contribution in [3.63, 3.8) is 0 Å². The first-order chi connectivity index (χ1) is 9.66. The Labute approximate surface area is 122 Å². The van der Waals surface area contributed by atoms with E-state index >= 15 is 0 Å². The standard InChI is InChI=1S/C14H20N2O5/c1-6(7(2)17)12(19)11(16)14(21)13(20)9-4-3-8(18)5-10(9)15/h3-6,11-12,14,18-19,21H,15-16H2,1-2H3. The van der Waals surface area contributed by atoms with Crippen molar-refractivity contribution < 1.29 is 24.9 Å². The van der Waals surface area contributed by atoms with E-state index in [2.05, 4.69) is 0 Å². The molecule has 4 atom stereocenters. The lowest BCUT2D eigenvalue weighted by Gasteiger charge is -2.26. The number of phenolic OH excluding ortho intramolecular Hbond substituents is 1. The molecular formula is C14H20N2O5. The fourth-order valence-electron chi connectivity index (χ4n) is 1.87. The van der Waals surface area contributed by atoms with Crippen molar-refractivity contribution in [2.45, 2.75) is 32.1 Å². The van der Waals surface area contributed by atoms with Gasteiger partial charge in [0.25, 0.3) is 0 Å². The molecular weight excluding hydrogens is 276 g/mol. The minimum Gasteiger partial charge on any atom is -0.508 e. The lowest BCUT2D eigenvalue weighted by Crippen LogP contribution is -2.52. The Bertz CT molecular complexity index is 546. The van der Waals surface area contributed by atoms with Crippen molar-refractivity contribution in [2.75, 3.05) is 5.73 Å². The van der Waals surface area contributed by atoms with Gasteiger partial charge in [0.2, 0.25) is 0 Å². The van der Waals surface area contributed by atoms with Gasteiger partial charge in [0.1, 0.15) is 17.6 Å². The fraction of sp³-hybridized carbons (Fsp3) is 0.429. The molecule has 4 unspecified atom stereocenters. The number of aliphatic hydroxyl groups excluding tert-OH is 2. The number of rotatable bonds is 6. The summed E-state index contributed by atoms with van der Waals surface area (Å²) in [5, 5.41) is 29.1. The maximum Gasteiger partial charge on any atom is 0.195 e. The van der Waals surface area contributed by atoms with Gasteiger partial charge in [-0.25, -0.2) is 0 Å². The molecule has 0 saturated carbocycles. The molecule has 1 rings (SSSR count). The molecule has 0 fully saturated rings. The summed E-state index contributed by atoms with van der Waals surface area (Å²) in [6.45, 7) is 2.74. The van der Waals surface area contributed by atoms with Crippen molar-refractivity contribution >= 4 is 17.3 Å². The number of phenols is 1. The number of Topliss-reactive ketones (excluding diaryl/α,β-unsaturated/α-hetero) is 2. The molecule has 0 spiro atoms. The molecule has 7 nitrogen and oxygen atoms in total. The quantitative estimate of drug-likeness (QED) is 0.349. The fourth-order valence-corrected chi connectivity index (χ4v) is 1.87. The molecule has 1 aromatic rings. The molecule has 0 aliphatic heterocycles. The van der Waals surface area contributed by atoms with Gasteiger partial charge in [0.05, 0.1) is 12.1 Å². The molecule has 21 heavy (non-hydrogen) atoms. The van der Waals surface area contributed by atoms with Crippen LogP contribution in [-0.2, 0) is 4.79 Å². The molecule has 7 heteroatoms. The van der Waals surface area contributed by atoms with Crippen LogP contribution in [0.2, 0.25) is 0 Å². The van der Waals surface area contributed by atoms with Crippen LogP contribution in [0.5, 0.6) is 5.75 Å². The Hall–Kier alpha value is -1.96. The van der Waals surface area contributed by atoms with Gasteiger partial charge >= 0.3 is 0 Å². The van der Waals surface area contributed by atoms with E-state index < -0.39 is 30.0 Å². The average Bonchev–Trinajstić information content (AvgIpc) is 2.43. The highest BCUT2D eigenvalue weighted by Gasteiger charge is 2.34. The summed E-state index contributed by atoms with van der Waals surface area (Å²) in [5.41, 5.74) is 11.2. The molecule has 0 radical (unpaired) electrons. The molecule has 0 aromatic heterocycles. The zero-order valence-corrected chi connectivity index (χ0v) is 11.9. The topological polar surface area (TPSA) is 147 Å². The number of nitrogens with two attached hydrogens (primary N) is 2. The van der Waals surface area contributed by atoms with Crippen LogP contribution in [0, 0.1) is 5.92 Å². The molecule has 7 N–H and O–H groups in total. The molecule has 0 amide bonds. The van der Waals surface area contributed by atoms with E-state index in [1.165, 1.54) is 32.0 Å². The number of ketones is 2. The third kappa shape index (κ3) is 3.78. The predicted octanol–water partition coefficient (Wildman–Crippen LogP) is -0.569. The second-order valence-corrected chi connectivity index (χ2v) is 5.05. The van der Waals surface area contributed by atoms with Crippen molar-refractivity contribution in [1.29, 1.82) is 0 Å². The number of aliphatic hydroxyl groups is 2. The zero-order chi connectivity index (χ0) is 16.3. The van der Waals surface area contributed by atoms with Crippen LogP contribution < -0.4 is 11.5 Å². The van der Waals surface area contributed by atoms with Crippen LogP contribution in [0.4, 0.5) is 5.69 Å². The number of anilines is 1. The first-order valence-electron chi connectivity index (χ1n) is 6.41. The molecule has 0 aliphatic rings. The Morgan fingerprint density at radius 3 is 2.29 bits per heavy atom. The van der Waals surface area contributed by atoms with Gasteiger partial charge in [-0.15, -0.1) is 0 Å². The van der Waals surface area contributed by atoms with Crippen LogP contribution >= 0.6 is 0 Å². The van der Waals surface area contributed by atoms with Crippen molar-refractivity contribution in [1.82, 2.24) is 0 Å². The minimum atomic E-state index is -1.71. The highest BCUT2D eigenvalue weighted by molar-refractivity contribution is 6.04. The molecule has 1 aromatic carbocycles. The van der Waals surface area contributed by atoms with Gasteiger partial charge in [0.15, 0.2) is 5.78 Å². The molecule has 0 aliphatic carbocycles. The van der Waals surface area contributed by atoms with Crippen LogP contribution in [0.15, 0.2) is 18.2 Å². The number of benzene rings is 1. The van der Waals surface area contributed by atoms with Crippen LogP contribution in [-0.4, -0.2) is 45.1 Å². The third-order valence-electron chi connectivity index (χ3n) is 3.48. The van der Waals surface area contributed by atoms with Crippen molar-refractivity contribution in [3.8, 4) is 5.75 Å². The number of hydrogen-bond donors (Lipinski definition) is 5. The molecule has 0 bridgehead atoms. The summed E-state index contributed by atoms with van der Waals surface area (Å²) in [5.74, 6) is -2.01. The highest BCUT2D eigenvalue weighted by atomic mass is 16.3. The monoisotopic (exact) mass is 296 g/mol. The van der Waals surface area contributed by atoms with Gasteiger partial charge in [0, 0.05) is 23.2 Å². The van der Waals surface area contributed by atoms with E-state index in [9.17, 15) is 24.9 Å². The first kappa shape index (κ1) is 17.1. The van der Waals surface area contributed by atoms with E-state index in [0.29, 0.717) is 0 Å². The number of carbonyl (C=O) groups is 2. The third-order valence-corrected chi connectivity index (χ3v) is 3.48. The van der Waals surface area contributed by atoms with E-state index in [0.717, 1.165) is 0 Å². The number of nitrogen functional groups attached to an aromatic ring is 1. The molecule has 0 saturated heterocycles. The predicted molar refractivity (Wildman–Crippen MR) is 76.7 cm³/mol. The summed E-state index contributed by atoms with van der Waals surface area (Å²) in [7, 11) is 0. The Morgan fingerprint density at radius 2 is 1.81 bits per heavy atom. The lowest BCUT2D eigenvalue weighted by molar-refractivity contribution is -0.124. The number of aromatic hydroxyl groups is 1. The van der Waals surface area contributed by atoms with Gasteiger partial charge < -0.3 is 26.8 Å². The van der Waals surface area contributed by atoms with Crippen LogP contribution in [0.1, 0.15) is 24.2 Å². The Morgan fingerprint density at radius 1 is 1.24 bits per heavy atom. The second-order valence-electron chi connectivity index (χ2n) is 5.05. The SMILES string of the molecule is CC(=O)C(C)C(O)C(N)C(O)C(=O)c1ccc(O)cc1N. The number of carbonyl (C=O) groups excluding carboxylic acids is 2. The Kier molecular flexibility index (Phi) is 5.42. The maximum atomic E-state index is 12.1. The van der Waals surface area contributed by atoms with E-state index in [4.69, 9.17) is 11.5 Å². The van der Waals surface area contributed by atoms with Crippen molar-refractivity contribution in [2.24, 2.45) is 11.7 Å². The molecule has 116 valence electrons. The summed E-state index contributed by atoms with van der Waals surface area (Å²) in [6, 6.07) is 2.34. The maximum absolute atomic E-state index is 12.1. The lowest BCUT2D eigenvalue weighted by atomic mass is 9.89. The molecule has 0 heterocycles. The normalized spacial score (nSPS) is 16.8. The van der Waals surface area contributed by atoms with Crippen molar-refractivity contribution in [3.05, 3.63) is 23.8 Å². The van der Waals surface area contributed by atoms with E-state index in [1.807, 2.05) is 0 Å². The van der Waals surface area contributed by atoms with Gasteiger partial charge in [-0.1, -0.05) is 6.92 Å². The van der Waals surface area contributed by atoms with Crippen LogP contribution in [0.3, 0.4) is 0 Å². The summed E-state index contributed by atoms with van der Waals surface area (Å²) >= 11 is 0. The van der Waals surface area contributed by atoms with Gasteiger partial charge in [-0.2, -0.15) is 0 Å². The number of hydrogen-bond acceptors (Lipinski definition) is 7. The zero-order valence-electron chi connectivity index (χ0n) is 11.9. The highest BCUT2D eigenvalue weighted by Crippen LogP contribution is 2.21. The summed E-state index contributed by atoms with van der Waals surface area (Å²) in [4.78, 5) is 23.3. The minimum absolute atomic E-state index is 0.0136. The largest absolute Gasteiger partial charge is 0.508 e. The first-order valence-corrected chi connectivity index (χ1v) is 6.41. The summed E-state index contributed by atoms with van der Waals surface area (Å²) < 4.78 is 0. The van der Waals surface area contributed by atoms with E-state index in [1.54, 1.807) is 0 Å². The summed E-state index contributed by atoms with van der Waals surface area (Å²) in [6.07, 6.45) is -3.08.